The van der Waals surface area contributed by atoms with Gasteiger partial charge in [0.25, 0.3) is 0 Å². The van der Waals surface area contributed by atoms with Gasteiger partial charge in [0.05, 0.1) is 0 Å². The summed E-state index contributed by atoms with van der Waals surface area (Å²) < 4.78 is 0. The molecule has 0 atom stereocenters. The Morgan fingerprint density at radius 2 is 0.673 bits per heavy atom. The molecule has 1 aromatic heterocycles. The number of hydrogen-bond acceptors (Lipinski definition) is 3. The van der Waals surface area contributed by atoms with Crippen LogP contribution in [-0.4, -0.2) is 15.0 Å². The Hall–Kier alpha value is -6.45. The molecular weight excluding hydrogens is 595 g/mol. The van der Waals surface area contributed by atoms with Gasteiger partial charge < -0.3 is 0 Å². The highest BCUT2D eigenvalue weighted by atomic mass is 15.0. The largest absolute Gasteiger partial charge is 0.208 e. The first-order chi connectivity index (χ1) is 24.3. The highest BCUT2D eigenvalue weighted by Crippen LogP contribution is 2.45. The summed E-state index contributed by atoms with van der Waals surface area (Å²) in [5.41, 5.74) is 15.2. The monoisotopic (exact) mass is 625 g/mol. The van der Waals surface area contributed by atoms with Crippen molar-refractivity contribution in [2.24, 2.45) is 0 Å². The van der Waals surface area contributed by atoms with E-state index in [4.69, 9.17) is 15.0 Å². The van der Waals surface area contributed by atoms with Gasteiger partial charge in [0.1, 0.15) is 0 Å². The van der Waals surface area contributed by atoms with Crippen LogP contribution in [0.4, 0.5) is 0 Å². The van der Waals surface area contributed by atoms with Crippen LogP contribution in [0, 0.1) is 0 Å². The third kappa shape index (κ3) is 5.42. The molecule has 0 radical (unpaired) electrons. The zero-order chi connectivity index (χ0) is 32.6. The molecule has 1 heterocycles. The number of nitrogens with zero attached hydrogens (tertiary/aromatic N) is 3. The first-order valence-corrected chi connectivity index (χ1v) is 16.7. The molecule has 1 aliphatic rings. The fourth-order valence-electron chi connectivity index (χ4n) is 7.00. The average molecular weight is 626 g/mol. The fourth-order valence-corrected chi connectivity index (χ4v) is 7.00. The Kier molecular flexibility index (Phi) is 7.21. The number of benzene rings is 7. The number of hydrogen-bond donors (Lipinski definition) is 0. The maximum Gasteiger partial charge on any atom is 0.164 e. The first-order valence-electron chi connectivity index (χ1n) is 16.7. The van der Waals surface area contributed by atoms with E-state index in [0.717, 1.165) is 39.8 Å². The molecule has 7 aromatic carbocycles. The summed E-state index contributed by atoms with van der Waals surface area (Å²) in [4.78, 5) is 15.5. The molecule has 1 aliphatic carbocycles. The van der Waals surface area contributed by atoms with Gasteiger partial charge in [-0.15, -0.1) is 0 Å². The van der Waals surface area contributed by atoms with Crippen molar-refractivity contribution in [1.29, 1.82) is 0 Å². The van der Waals surface area contributed by atoms with Gasteiger partial charge in [0, 0.05) is 23.1 Å². The molecule has 230 valence electrons. The molecule has 0 bridgehead atoms. The van der Waals surface area contributed by atoms with E-state index in [1.807, 2.05) is 12.1 Å². The molecule has 0 saturated carbocycles. The normalized spacial score (nSPS) is 11.6. The zero-order valence-electron chi connectivity index (χ0n) is 26.8. The van der Waals surface area contributed by atoms with Crippen molar-refractivity contribution in [3.8, 4) is 78.7 Å². The molecule has 0 saturated heterocycles. The summed E-state index contributed by atoms with van der Waals surface area (Å²) in [7, 11) is 0. The van der Waals surface area contributed by atoms with Crippen LogP contribution >= 0.6 is 0 Å². The van der Waals surface area contributed by atoms with Gasteiger partial charge in [-0.25, -0.2) is 15.0 Å². The standard InChI is InChI=1S/C46H31N3/c1-4-13-31(14-5-1)33-25-27-35(28-26-33)44-47-45(37-20-10-19-36(29-37)32-15-6-2-7-16-32)49-46(48-44)41-24-12-23-40-39-22-11-21-38(42(39)30-43(40)41)34-17-8-3-9-18-34/h1-29H,30H2. The van der Waals surface area contributed by atoms with Gasteiger partial charge in [-0.3, -0.25) is 0 Å². The van der Waals surface area contributed by atoms with Crippen LogP contribution in [0.1, 0.15) is 11.1 Å². The summed E-state index contributed by atoms with van der Waals surface area (Å²) in [6.45, 7) is 0. The van der Waals surface area contributed by atoms with Gasteiger partial charge in [0.15, 0.2) is 17.5 Å². The Bertz CT molecular complexity index is 2440. The van der Waals surface area contributed by atoms with E-state index in [1.54, 1.807) is 0 Å². The van der Waals surface area contributed by atoms with Crippen LogP contribution in [0.2, 0.25) is 0 Å². The van der Waals surface area contributed by atoms with E-state index in [9.17, 15) is 0 Å². The third-order valence-electron chi connectivity index (χ3n) is 9.43. The lowest BCUT2D eigenvalue weighted by molar-refractivity contribution is 1.07. The van der Waals surface area contributed by atoms with Crippen LogP contribution in [0.3, 0.4) is 0 Å². The predicted octanol–water partition coefficient (Wildman–Crippen LogP) is 11.4. The summed E-state index contributed by atoms with van der Waals surface area (Å²) in [5.74, 6) is 1.99. The maximum atomic E-state index is 5.20. The first kappa shape index (κ1) is 28.7. The van der Waals surface area contributed by atoms with Gasteiger partial charge in [-0.2, -0.15) is 0 Å². The lowest BCUT2D eigenvalue weighted by atomic mass is 9.96. The zero-order valence-corrected chi connectivity index (χ0v) is 26.8. The van der Waals surface area contributed by atoms with Gasteiger partial charge in [-0.1, -0.05) is 170 Å². The van der Waals surface area contributed by atoms with Crippen molar-refractivity contribution in [1.82, 2.24) is 15.0 Å². The number of fused-ring (bicyclic) bond motifs is 3. The van der Waals surface area contributed by atoms with Crippen LogP contribution in [0.5, 0.6) is 0 Å². The minimum Gasteiger partial charge on any atom is -0.208 e. The molecule has 0 amide bonds. The lowest BCUT2D eigenvalue weighted by Crippen LogP contribution is -2.02. The molecule has 8 aromatic rings. The second kappa shape index (κ2) is 12.3. The summed E-state index contributed by atoms with van der Waals surface area (Å²) in [5, 5.41) is 0. The van der Waals surface area contributed by atoms with Gasteiger partial charge in [0.2, 0.25) is 0 Å². The average Bonchev–Trinajstić information content (AvgIpc) is 3.58. The second-order valence-electron chi connectivity index (χ2n) is 12.4. The van der Waals surface area contributed by atoms with E-state index < -0.39 is 0 Å². The molecule has 0 aliphatic heterocycles. The van der Waals surface area contributed by atoms with Crippen molar-refractivity contribution < 1.29 is 0 Å². The molecule has 0 N–H and O–H groups in total. The molecule has 9 rings (SSSR count). The summed E-state index contributed by atoms with van der Waals surface area (Å²) in [6, 6.07) is 61.7. The Labute approximate surface area is 286 Å². The molecule has 49 heavy (non-hydrogen) atoms. The summed E-state index contributed by atoms with van der Waals surface area (Å²) >= 11 is 0. The van der Waals surface area contributed by atoms with Crippen LogP contribution in [0.15, 0.2) is 176 Å². The Morgan fingerprint density at radius 3 is 1.33 bits per heavy atom. The van der Waals surface area contributed by atoms with Gasteiger partial charge in [-0.05, 0) is 61.7 Å². The Morgan fingerprint density at radius 1 is 0.265 bits per heavy atom. The fraction of sp³-hybridized carbons (Fsp3) is 0.0217. The van der Waals surface area contributed by atoms with Crippen molar-refractivity contribution in [2.75, 3.05) is 0 Å². The van der Waals surface area contributed by atoms with Crippen molar-refractivity contribution in [2.45, 2.75) is 6.42 Å². The molecule has 3 heteroatoms. The quantitative estimate of drug-likeness (QED) is 0.185. The molecular formula is C46H31N3. The van der Waals surface area contributed by atoms with E-state index in [2.05, 4.69) is 164 Å². The van der Waals surface area contributed by atoms with Crippen molar-refractivity contribution in [3.63, 3.8) is 0 Å². The highest BCUT2D eigenvalue weighted by molar-refractivity contribution is 5.89. The maximum absolute atomic E-state index is 5.20. The highest BCUT2D eigenvalue weighted by Gasteiger charge is 2.26. The van der Waals surface area contributed by atoms with Crippen LogP contribution < -0.4 is 0 Å². The molecule has 0 fully saturated rings. The molecule has 3 nitrogen and oxygen atoms in total. The van der Waals surface area contributed by atoms with E-state index in [1.165, 1.54) is 38.9 Å². The predicted molar refractivity (Wildman–Crippen MR) is 201 cm³/mol. The smallest absolute Gasteiger partial charge is 0.164 e. The summed E-state index contributed by atoms with van der Waals surface area (Å²) in [6.07, 6.45) is 0.817. The Balaban J connectivity index is 1.19. The molecule has 0 unspecified atom stereocenters. The topological polar surface area (TPSA) is 38.7 Å². The van der Waals surface area contributed by atoms with Crippen LogP contribution in [-0.2, 0) is 6.42 Å². The number of rotatable bonds is 6. The van der Waals surface area contributed by atoms with Gasteiger partial charge >= 0.3 is 0 Å². The second-order valence-corrected chi connectivity index (χ2v) is 12.4. The SMILES string of the molecule is c1ccc(-c2ccc(-c3nc(-c4cccc(-c5ccccc5)c4)nc(-c4cccc5c4Cc4c(-c6ccccc6)cccc4-5)n3)cc2)cc1. The molecule has 0 spiro atoms. The van der Waals surface area contributed by atoms with E-state index in [0.29, 0.717) is 17.5 Å². The third-order valence-corrected chi connectivity index (χ3v) is 9.43. The van der Waals surface area contributed by atoms with Crippen molar-refractivity contribution in [3.05, 3.63) is 187 Å². The van der Waals surface area contributed by atoms with E-state index in [-0.39, 0.29) is 0 Å². The number of aromatic nitrogens is 3. The lowest BCUT2D eigenvalue weighted by Gasteiger charge is -2.12. The van der Waals surface area contributed by atoms with Crippen LogP contribution in [0.25, 0.3) is 78.7 Å². The minimum absolute atomic E-state index is 0.655. The minimum atomic E-state index is 0.655. The van der Waals surface area contributed by atoms with E-state index >= 15 is 0 Å². The van der Waals surface area contributed by atoms with Crippen molar-refractivity contribution >= 4 is 0 Å².